The van der Waals surface area contributed by atoms with Crippen molar-refractivity contribution in [1.82, 2.24) is 9.55 Å². The quantitative estimate of drug-likeness (QED) is 0.552. The standard InChI is InChI=1S/C11H10N2/c1-4-9-7-13(3)10-6-12-5-8(2)11(9)10/h1,5-7H,2-3H3. The zero-order valence-electron chi connectivity index (χ0n) is 7.70. The molecule has 0 bridgehead atoms. The molecule has 2 aromatic heterocycles. The molecule has 0 unspecified atom stereocenters. The molecule has 0 saturated heterocycles. The van der Waals surface area contributed by atoms with Gasteiger partial charge in [0.1, 0.15) is 0 Å². The molecule has 2 aromatic rings. The molecule has 0 N–H and O–H groups in total. The highest BCUT2D eigenvalue weighted by Crippen LogP contribution is 2.21. The molecule has 64 valence electrons. The van der Waals surface area contributed by atoms with Gasteiger partial charge in [-0.05, 0) is 12.5 Å². The molecule has 0 aliphatic rings. The van der Waals surface area contributed by atoms with Gasteiger partial charge in [-0.25, -0.2) is 0 Å². The van der Waals surface area contributed by atoms with Crippen LogP contribution in [0.2, 0.25) is 0 Å². The van der Waals surface area contributed by atoms with Crippen LogP contribution in [0.1, 0.15) is 11.1 Å². The predicted octanol–water partition coefficient (Wildman–Crippen LogP) is 1.86. The molecule has 2 rings (SSSR count). The van der Waals surface area contributed by atoms with Crippen molar-refractivity contribution in [2.75, 3.05) is 0 Å². The average Bonchev–Trinajstić information content (AvgIpc) is 2.45. The number of hydrogen-bond acceptors (Lipinski definition) is 1. The molecule has 0 aliphatic carbocycles. The number of fused-ring (bicyclic) bond motifs is 1. The van der Waals surface area contributed by atoms with Gasteiger partial charge < -0.3 is 4.57 Å². The number of aromatic nitrogens is 2. The lowest BCUT2D eigenvalue weighted by atomic mass is 10.1. The van der Waals surface area contributed by atoms with Gasteiger partial charge in [-0.3, -0.25) is 4.98 Å². The smallest absolute Gasteiger partial charge is 0.0679 e. The molecule has 0 saturated carbocycles. The highest BCUT2D eigenvalue weighted by molar-refractivity contribution is 5.88. The summed E-state index contributed by atoms with van der Waals surface area (Å²) in [7, 11) is 1.98. The minimum Gasteiger partial charge on any atom is -0.348 e. The van der Waals surface area contributed by atoms with Crippen LogP contribution in [0.15, 0.2) is 18.6 Å². The van der Waals surface area contributed by atoms with Crippen molar-refractivity contribution in [1.29, 1.82) is 0 Å². The maximum atomic E-state index is 5.41. The minimum absolute atomic E-state index is 0.942. The van der Waals surface area contributed by atoms with Crippen molar-refractivity contribution in [3.63, 3.8) is 0 Å². The maximum absolute atomic E-state index is 5.41. The summed E-state index contributed by atoms with van der Waals surface area (Å²) >= 11 is 0. The van der Waals surface area contributed by atoms with Crippen molar-refractivity contribution < 1.29 is 0 Å². The highest BCUT2D eigenvalue weighted by atomic mass is 14.9. The van der Waals surface area contributed by atoms with Gasteiger partial charge in [0.25, 0.3) is 0 Å². The van der Waals surface area contributed by atoms with E-state index in [0.717, 1.165) is 22.0 Å². The number of nitrogens with zero attached hydrogens (tertiary/aromatic N) is 2. The van der Waals surface area contributed by atoms with Gasteiger partial charge in [-0.1, -0.05) is 5.92 Å². The molecular weight excluding hydrogens is 160 g/mol. The predicted molar refractivity (Wildman–Crippen MR) is 53.4 cm³/mol. The number of terminal acetylenes is 1. The summed E-state index contributed by atoms with van der Waals surface area (Å²) in [6.45, 7) is 2.02. The van der Waals surface area contributed by atoms with Gasteiger partial charge in [-0.15, -0.1) is 6.42 Å². The number of pyridine rings is 1. The Kier molecular flexibility index (Phi) is 1.60. The SMILES string of the molecule is C#Cc1cn(C)c2cncc(C)c12. The average molecular weight is 170 g/mol. The van der Waals surface area contributed by atoms with Crippen molar-refractivity contribution in [2.45, 2.75) is 6.92 Å². The second-order valence-corrected chi connectivity index (χ2v) is 3.15. The van der Waals surface area contributed by atoms with E-state index in [2.05, 4.69) is 10.9 Å². The molecule has 2 heteroatoms. The zero-order chi connectivity index (χ0) is 9.42. The van der Waals surface area contributed by atoms with Crippen LogP contribution in [0.25, 0.3) is 10.9 Å². The Labute approximate surface area is 77.2 Å². The monoisotopic (exact) mass is 170 g/mol. The maximum Gasteiger partial charge on any atom is 0.0679 e. The Morgan fingerprint density at radius 1 is 1.46 bits per heavy atom. The van der Waals surface area contributed by atoms with Crippen molar-refractivity contribution in [3.8, 4) is 12.3 Å². The molecule has 0 aromatic carbocycles. The van der Waals surface area contributed by atoms with E-state index in [0.29, 0.717) is 0 Å². The summed E-state index contributed by atoms with van der Waals surface area (Å²) in [6, 6.07) is 0. The first kappa shape index (κ1) is 7.88. The largest absolute Gasteiger partial charge is 0.348 e. The summed E-state index contributed by atoms with van der Waals surface area (Å²) in [5, 5.41) is 1.14. The van der Waals surface area contributed by atoms with E-state index < -0.39 is 0 Å². The molecule has 0 aliphatic heterocycles. The minimum atomic E-state index is 0.942. The Balaban J connectivity index is 2.99. The molecule has 0 spiro atoms. The van der Waals surface area contributed by atoms with Gasteiger partial charge in [0, 0.05) is 24.8 Å². The summed E-state index contributed by atoms with van der Waals surface area (Å²) in [5.74, 6) is 2.68. The fraction of sp³-hybridized carbons (Fsp3) is 0.182. The van der Waals surface area contributed by atoms with E-state index in [9.17, 15) is 0 Å². The van der Waals surface area contributed by atoms with Gasteiger partial charge in [-0.2, -0.15) is 0 Å². The third-order valence-corrected chi connectivity index (χ3v) is 2.24. The fourth-order valence-corrected chi connectivity index (χ4v) is 1.61. The highest BCUT2D eigenvalue weighted by Gasteiger charge is 2.06. The Hall–Kier alpha value is -1.75. The Bertz CT molecular complexity index is 501. The van der Waals surface area contributed by atoms with Crippen LogP contribution in [-0.2, 0) is 7.05 Å². The van der Waals surface area contributed by atoms with Crippen molar-refractivity contribution in [3.05, 3.63) is 29.7 Å². The van der Waals surface area contributed by atoms with Crippen molar-refractivity contribution in [2.24, 2.45) is 7.05 Å². The lowest BCUT2D eigenvalue weighted by molar-refractivity contribution is 0.963. The molecule has 0 radical (unpaired) electrons. The lowest BCUT2D eigenvalue weighted by Crippen LogP contribution is -1.85. The second kappa shape index (κ2) is 2.63. The van der Waals surface area contributed by atoms with Crippen LogP contribution in [0.3, 0.4) is 0 Å². The third-order valence-electron chi connectivity index (χ3n) is 2.24. The molecule has 0 fully saturated rings. The van der Waals surface area contributed by atoms with E-state index >= 15 is 0 Å². The molecule has 0 amide bonds. The first-order valence-corrected chi connectivity index (χ1v) is 4.10. The molecule has 2 heterocycles. The first-order valence-electron chi connectivity index (χ1n) is 4.10. The molecule has 2 nitrogen and oxygen atoms in total. The second-order valence-electron chi connectivity index (χ2n) is 3.15. The van der Waals surface area contributed by atoms with E-state index in [-0.39, 0.29) is 0 Å². The van der Waals surface area contributed by atoms with Crippen LogP contribution >= 0.6 is 0 Å². The number of hydrogen-bond donors (Lipinski definition) is 0. The van der Waals surface area contributed by atoms with E-state index in [1.54, 1.807) is 0 Å². The number of rotatable bonds is 0. The van der Waals surface area contributed by atoms with E-state index in [1.165, 1.54) is 0 Å². The summed E-state index contributed by atoms with van der Waals surface area (Å²) in [5.41, 5.74) is 3.16. The van der Waals surface area contributed by atoms with E-state index in [4.69, 9.17) is 6.42 Å². The zero-order valence-corrected chi connectivity index (χ0v) is 7.70. The van der Waals surface area contributed by atoms with Crippen LogP contribution in [0, 0.1) is 19.3 Å². The van der Waals surface area contributed by atoms with Gasteiger partial charge in [0.2, 0.25) is 0 Å². The van der Waals surface area contributed by atoms with E-state index in [1.807, 2.05) is 37.1 Å². The van der Waals surface area contributed by atoms with Crippen molar-refractivity contribution >= 4 is 10.9 Å². The fourth-order valence-electron chi connectivity index (χ4n) is 1.61. The normalized spacial score (nSPS) is 10.2. The van der Waals surface area contributed by atoms with Crippen LogP contribution < -0.4 is 0 Å². The van der Waals surface area contributed by atoms with Gasteiger partial charge in [0.05, 0.1) is 17.3 Å². The van der Waals surface area contributed by atoms with Gasteiger partial charge in [0.15, 0.2) is 0 Å². The molecule has 13 heavy (non-hydrogen) atoms. The summed E-state index contributed by atoms with van der Waals surface area (Å²) in [6.07, 6.45) is 11.0. The third kappa shape index (κ3) is 1.01. The summed E-state index contributed by atoms with van der Waals surface area (Å²) < 4.78 is 2.00. The van der Waals surface area contributed by atoms with Crippen LogP contribution in [0.5, 0.6) is 0 Å². The van der Waals surface area contributed by atoms with Crippen LogP contribution in [0.4, 0.5) is 0 Å². The first-order chi connectivity index (χ1) is 6.24. The molecule has 0 atom stereocenters. The lowest BCUT2D eigenvalue weighted by Gasteiger charge is -1.96. The molecular formula is C11H10N2. The number of aryl methyl sites for hydroxylation is 2. The van der Waals surface area contributed by atoms with Crippen LogP contribution in [-0.4, -0.2) is 9.55 Å². The summed E-state index contributed by atoms with van der Waals surface area (Å²) in [4.78, 5) is 4.13. The van der Waals surface area contributed by atoms with Gasteiger partial charge >= 0.3 is 0 Å². The Morgan fingerprint density at radius 3 is 2.92 bits per heavy atom. The Morgan fingerprint density at radius 2 is 2.23 bits per heavy atom. The topological polar surface area (TPSA) is 17.8 Å².